The average Bonchev–Trinajstić information content (AvgIpc) is 3.08. The molecular formula is C22H26N4O3. The standard InChI is InChI=1S/C22H26N4O3/c1-15-18-13-17(28-3)4-5-19(18)29-21(15)22(27)24-14-16-6-7-23-20(12-16)26-10-8-25(2)9-11-26/h4-7,12-13H,8-11,14H2,1-3H3,(H,24,27). The van der Waals surface area contributed by atoms with Crippen molar-refractivity contribution in [2.75, 3.05) is 45.2 Å². The molecule has 1 fully saturated rings. The number of fused-ring (bicyclic) bond motifs is 1. The second kappa shape index (κ2) is 8.13. The zero-order chi connectivity index (χ0) is 20.4. The highest BCUT2D eigenvalue weighted by atomic mass is 16.5. The van der Waals surface area contributed by atoms with E-state index in [2.05, 4.69) is 27.1 Å². The molecule has 29 heavy (non-hydrogen) atoms. The van der Waals surface area contributed by atoms with Gasteiger partial charge in [0.1, 0.15) is 17.2 Å². The van der Waals surface area contributed by atoms with E-state index < -0.39 is 0 Å². The second-order valence-electron chi connectivity index (χ2n) is 7.41. The molecule has 1 saturated heterocycles. The molecule has 0 radical (unpaired) electrons. The number of methoxy groups -OCH3 is 1. The number of hydrogen-bond donors (Lipinski definition) is 1. The summed E-state index contributed by atoms with van der Waals surface area (Å²) >= 11 is 0. The molecule has 4 rings (SSSR count). The number of anilines is 1. The number of nitrogens with zero attached hydrogens (tertiary/aromatic N) is 3. The normalized spacial score (nSPS) is 14.9. The van der Waals surface area contributed by atoms with E-state index in [1.165, 1.54) is 0 Å². The Hall–Kier alpha value is -3.06. The van der Waals surface area contributed by atoms with Gasteiger partial charge < -0.3 is 24.3 Å². The maximum Gasteiger partial charge on any atom is 0.287 e. The van der Waals surface area contributed by atoms with Gasteiger partial charge >= 0.3 is 0 Å². The number of aryl methyl sites for hydroxylation is 1. The van der Waals surface area contributed by atoms with Crippen LogP contribution in [0.2, 0.25) is 0 Å². The molecule has 1 aromatic carbocycles. The third-order valence-corrected chi connectivity index (χ3v) is 5.44. The maximum atomic E-state index is 12.7. The van der Waals surface area contributed by atoms with Crippen molar-refractivity contribution in [1.82, 2.24) is 15.2 Å². The highest BCUT2D eigenvalue weighted by molar-refractivity contribution is 5.99. The van der Waals surface area contributed by atoms with Crippen molar-refractivity contribution in [2.45, 2.75) is 13.5 Å². The number of piperazine rings is 1. The van der Waals surface area contributed by atoms with Gasteiger partial charge in [0.2, 0.25) is 0 Å². The Balaban J connectivity index is 1.45. The van der Waals surface area contributed by atoms with Crippen LogP contribution in [0.4, 0.5) is 5.82 Å². The number of aromatic nitrogens is 1. The number of carbonyl (C=O) groups excluding carboxylic acids is 1. The zero-order valence-electron chi connectivity index (χ0n) is 17.1. The summed E-state index contributed by atoms with van der Waals surface area (Å²) in [7, 11) is 3.75. The lowest BCUT2D eigenvalue weighted by Crippen LogP contribution is -2.44. The summed E-state index contributed by atoms with van der Waals surface area (Å²) in [6.45, 7) is 6.28. The molecule has 2 aromatic heterocycles. The number of nitrogens with one attached hydrogen (secondary N) is 1. The fourth-order valence-corrected chi connectivity index (χ4v) is 3.59. The Kier molecular flexibility index (Phi) is 5.40. The van der Waals surface area contributed by atoms with Crippen molar-refractivity contribution in [3.05, 3.63) is 53.4 Å². The van der Waals surface area contributed by atoms with E-state index in [0.29, 0.717) is 17.9 Å². The van der Waals surface area contributed by atoms with Crippen LogP contribution < -0.4 is 15.0 Å². The number of amides is 1. The predicted octanol–water partition coefficient (Wildman–Crippen LogP) is 2.83. The van der Waals surface area contributed by atoms with Gasteiger partial charge in [0, 0.05) is 49.9 Å². The van der Waals surface area contributed by atoms with Gasteiger partial charge in [0.25, 0.3) is 5.91 Å². The molecule has 0 bridgehead atoms. The molecule has 0 spiro atoms. The van der Waals surface area contributed by atoms with Gasteiger partial charge in [-0.2, -0.15) is 0 Å². The fourth-order valence-electron chi connectivity index (χ4n) is 3.59. The molecule has 1 N–H and O–H groups in total. The minimum atomic E-state index is -0.226. The number of carbonyl (C=O) groups is 1. The lowest BCUT2D eigenvalue weighted by Gasteiger charge is -2.33. The van der Waals surface area contributed by atoms with Crippen LogP contribution in [0.1, 0.15) is 21.7 Å². The molecule has 7 heteroatoms. The van der Waals surface area contributed by atoms with E-state index in [-0.39, 0.29) is 5.91 Å². The number of furan rings is 1. The Bertz CT molecular complexity index is 1020. The number of rotatable bonds is 5. The Labute approximate surface area is 170 Å². The molecule has 152 valence electrons. The van der Waals surface area contributed by atoms with E-state index >= 15 is 0 Å². The predicted molar refractivity (Wildman–Crippen MR) is 113 cm³/mol. The van der Waals surface area contributed by atoms with E-state index in [4.69, 9.17) is 9.15 Å². The van der Waals surface area contributed by atoms with Gasteiger partial charge in [0.05, 0.1) is 7.11 Å². The van der Waals surface area contributed by atoms with Gasteiger partial charge in [-0.25, -0.2) is 4.98 Å². The average molecular weight is 394 g/mol. The van der Waals surface area contributed by atoms with Crippen LogP contribution in [0.25, 0.3) is 11.0 Å². The van der Waals surface area contributed by atoms with Crippen molar-refractivity contribution in [3.8, 4) is 5.75 Å². The number of ether oxygens (including phenoxy) is 1. The number of pyridine rings is 1. The van der Waals surface area contributed by atoms with E-state index in [1.807, 2.05) is 37.3 Å². The summed E-state index contributed by atoms with van der Waals surface area (Å²) in [6.07, 6.45) is 1.80. The summed E-state index contributed by atoms with van der Waals surface area (Å²) in [4.78, 5) is 21.8. The SMILES string of the molecule is COc1ccc2oc(C(=O)NCc3ccnc(N4CCN(C)CC4)c3)c(C)c2c1. The lowest BCUT2D eigenvalue weighted by atomic mass is 10.1. The van der Waals surface area contributed by atoms with Gasteiger partial charge in [-0.3, -0.25) is 4.79 Å². The minimum Gasteiger partial charge on any atom is -0.497 e. The van der Waals surface area contributed by atoms with E-state index in [1.54, 1.807) is 13.3 Å². The lowest BCUT2D eigenvalue weighted by molar-refractivity contribution is 0.0924. The summed E-state index contributed by atoms with van der Waals surface area (Å²) in [5.74, 6) is 1.80. The highest BCUT2D eigenvalue weighted by Crippen LogP contribution is 2.28. The van der Waals surface area contributed by atoms with E-state index in [0.717, 1.165) is 54.3 Å². The first kappa shape index (κ1) is 19.3. The van der Waals surface area contributed by atoms with Crippen LogP contribution in [0, 0.1) is 6.92 Å². The van der Waals surface area contributed by atoms with Crippen molar-refractivity contribution < 1.29 is 13.9 Å². The van der Waals surface area contributed by atoms with E-state index in [9.17, 15) is 4.79 Å². The molecule has 0 saturated carbocycles. The van der Waals surface area contributed by atoms with Crippen molar-refractivity contribution in [2.24, 2.45) is 0 Å². The third kappa shape index (κ3) is 4.05. The smallest absolute Gasteiger partial charge is 0.287 e. The van der Waals surface area contributed by atoms with Gasteiger partial charge in [-0.1, -0.05) is 0 Å². The van der Waals surface area contributed by atoms with Gasteiger partial charge in [-0.15, -0.1) is 0 Å². The number of benzene rings is 1. The summed E-state index contributed by atoms with van der Waals surface area (Å²) in [5, 5.41) is 3.85. The van der Waals surface area contributed by atoms with Gasteiger partial charge in [-0.05, 0) is 49.9 Å². The molecule has 1 aliphatic rings. The van der Waals surface area contributed by atoms with Crippen LogP contribution in [0.15, 0.2) is 40.9 Å². The molecular weight excluding hydrogens is 368 g/mol. The monoisotopic (exact) mass is 394 g/mol. The topological polar surface area (TPSA) is 70.8 Å². The first-order valence-corrected chi connectivity index (χ1v) is 9.79. The van der Waals surface area contributed by atoms with Crippen LogP contribution in [-0.2, 0) is 6.54 Å². The molecule has 3 heterocycles. The summed E-state index contributed by atoms with van der Waals surface area (Å²) < 4.78 is 11.0. The summed E-state index contributed by atoms with van der Waals surface area (Å²) in [5.41, 5.74) is 2.50. The van der Waals surface area contributed by atoms with Crippen LogP contribution in [-0.4, -0.2) is 56.1 Å². The van der Waals surface area contributed by atoms with Crippen LogP contribution in [0.3, 0.4) is 0 Å². The molecule has 3 aromatic rings. The zero-order valence-corrected chi connectivity index (χ0v) is 17.1. The summed E-state index contributed by atoms with van der Waals surface area (Å²) in [6, 6.07) is 9.50. The van der Waals surface area contributed by atoms with Crippen molar-refractivity contribution in [1.29, 1.82) is 0 Å². The Morgan fingerprint density at radius 3 is 2.76 bits per heavy atom. The van der Waals surface area contributed by atoms with Gasteiger partial charge in [0.15, 0.2) is 5.76 Å². The largest absolute Gasteiger partial charge is 0.497 e. The third-order valence-electron chi connectivity index (χ3n) is 5.44. The quantitative estimate of drug-likeness (QED) is 0.718. The Morgan fingerprint density at radius 1 is 1.21 bits per heavy atom. The molecule has 0 aliphatic carbocycles. The first-order chi connectivity index (χ1) is 14.0. The second-order valence-corrected chi connectivity index (χ2v) is 7.41. The molecule has 1 aliphatic heterocycles. The minimum absolute atomic E-state index is 0.226. The Morgan fingerprint density at radius 2 is 2.00 bits per heavy atom. The van der Waals surface area contributed by atoms with Crippen LogP contribution >= 0.6 is 0 Å². The molecule has 0 atom stereocenters. The number of hydrogen-bond acceptors (Lipinski definition) is 6. The van der Waals surface area contributed by atoms with Crippen molar-refractivity contribution >= 4 is 22.7 Å². The first-order valence-electron chi connectivity index (χ1n) is 9.79. The highest BCUT2D eigenvalue weighted by Gasteiger charge is 2.19. The fraction of sp³-hybridized carbons (Fsp3) is 0.364. The molecule has 0 unspecified atom stereocenters. The van der Waals surface area contributed by atoms with Crippen LogP contribution in [0.5, 0.6) is 5.75 Å². The maximum absolute atomic E-state index is 12.7. The van der Waals surface area contributed by atoms with Crippen molar-refractivity contribution in [3.63, 3.8) is 0 Å². The molecule has 1 amide bonds. The number of likely N-dealkylation sites (N-methyl/N-ethyl adjacent to an activating group) is 1. The molecule has 7 nitrogen and oxygen atoms in total.